The summed E-state index contributed by atoms with van der Waals surface area (Å²) in [6.07, 6.45) is 7.13. The van der Waals surface area contributed by atoms with E-state index in [-0.39, 0.29) is 42.2 Å². The molecule has 2 aromatic heterocycles. The van der Waals surface area contributed by atoms with Gasteiger partial charge in [-0.2, -0.15) is 4.31 Å². The zero-order chi connectivity index (χ0) is 30.6. The fraction of sp³-hybridized carbons (Fsp3) is 0.455. The highest BCUT2D eigenvalue weighted by atomic mass is 32.2. The summed E-state index contributed by atoms with van der Waals surface area (Å²) in [6, 6.07) is 11.6. The number of nitrogens with zero attached hydrogens (tertiary/aromatic N) is 5. The molecule has 1 unspecified atom stereocenters. The number of aryl methyl sites for hydroxylation is 3. The van der Waals surface area contributed by atoms with Crippen LogP contribution < -0.4 is 4.74 Å². The molecule has 3 aliphatic rings. The summed E-state index contributed by atoms with van der Waals surface area (Å²) in [5, 5.41) is 8.60. The summed E-state index contributed by atoms with van der Waals surface area (Å²) in [5.74, 6) is -0.378. The molecular formula is C33H37N5O5S. The molecular weight excluding hydrogens is 578 g/mol. The van der Waals surface area contributed by atoms with Gasteiger partial charge in [-0.25, -0.2) is 18.1 Å². The third-order valence-electron chi connectivity index (χ3n) is 9.61. The van der Waals surface area contributed by atoms with Gasteiger partial charge in [0.05, 0.1) is 25.1 Å². The summed E-state index contributed by atoms with van der Waals surface area (Å²) in [5.41, 5.74) is 7.49. The number of ether oxygens (including phenoxy) is 2. The highest BCUT2D eigenvalue weighted by Crippen LogP contribution is 2.44. The van der Waals surface area contributed by atoms with Gasteiger partial charge in [-0.05, 0) is 104 Å². The van der Waals surface area contributed by atoms with Crippen molar-refractivity contribution in [2.75, 3.05) is 13.2 Å². The van der Waals surface area contributed by atoms with Crippen LogP contribution in [0.25, 0.3) is 11.0 Å². The summed E-state index contributed by atoms with van der Waals surface area (Å²) in [6.45, 7) is 4.64. The maximum atomic E-state index is 14.1. The number of carbonyl (C=O) groups excluding carboxylic acids is 1. The number of rotatable bonds is 7. The Morgan fingerprint density at radius 3 is 2.77 bits per heavy atom. The molecule has 0 N–H and O–H groups in total. The number of pyridine rings is 1. The molecule has 1 aliphatic heterocycles. The Bertz CT molecular complexity index is 1880. The van der Waals surface area contributed by atoms with Gasteiger partial charge in [0.15, 0.2) is 0 Å². The largest absolute Gasteiger partial charge is 0.469 e. The van der Waals surface area contributed by atoms with Gasteiger partial charge in [0.1, 0.15) is 16.0 Å². The molecule has 10 nitrogen and oxygen atoms in total. The molecule has 0 radical (unpaired) electrons. The molecule has 11 heteroatoms. The number of aromatic nitrogens is 4. The SMILES string of the molecule is CCOC(=O)CC(c1cc2c(c(CN3CC4(CCC4)Oc4ncccc4S3(=O)=O)c1)CCC2)c1ccc2c(nnn2C)c1C. The van der Waals surface area contributed by atoms with Crippen LogP contribution in [-0.4, -0.2) is 57.4 Å². The smallest absolute Gasteiger partial charge is 0.306 e. The molecule has 1 atom stereocenters. The second-order valence-electron chi connectivity index (χ2n) is 12.3. The van der Waals surface area contributed by atoms with Crippen molar-refractivity contribution in [3.8, 4) is 5.88 Å². The van der Waals surface area contributed by atoms with Crippen molar-refractivity contribution in [1.29, 1.82) is 0 Å². The predicted molar refractivity (Wildman–Crippen MR) is 164 cm³/mol. The Labute approximate surface area is 257 Å². The first-order chi connectivity index (χ1) is 21.2. The summed E-state index contributed by atoms with van der Waals surface area (Å²) in [7, 11) is -2.01. The fourth-order valence-corrected chi connectivity index (χ4v) is 8.74. The van der Waals surface area contributed by atoms with Crippen LogP contribution in [0, 0.1) is 6.92 Å². The molecule has 7 rings (SSSR count). The second-order valence-corrected chi connectivity index (χ2v) is 14.2. The van der Waals surface area contributed by atoms with Gasteiger partial charge in [-0.3, -0.25) is 4.79 Å². The Kier molecular flexibility index (Phi) is 7.20. The van der Waals surface area contributed by atoms with Crippen LogP contribution in [0.2, 0.25) is 0 Å². The summed E-state index contributed by atoms with van der Waals surface area (Å²) >= 11 is 0. The van der Waals surface area contributed by atoms with Crippen molar-refractivity contribution >= 4 is 27.0 Å². The third-order valence-corrected chi connectivity index (χ3v) is 11.4. The van der Waals surface area contributed by atoms with Gasteiger partial charge < -0.3 is 9.47 Å². The minimum Gasteiger partial charge on any atom is -0.469 e. The average molecular weight is 616 g/mol. The lowest BCUT2D eigenvalue weighted by molar-refractivity contribution is -0.143. The standard InChI is InChI=1S/C33H37N5O5S/c1-4-42-30(39)18-27(25-11-12-28-31(21(25)2)35-36-37(28)3)23-16-22-8-5-9-26(22)24(17-23)19-38-20-33(13-7-14-33)43-32-29(44(38,40)41)10-6-15-34-32/h6,10-12,15-17,27H,4-5,7-9,13-14,18-20H2,1-3H3. The molecule has 44 heavy (non-hydrogen) atoms. The highest BCUT2D eigenvalue weighted by molar-refractivity contribution is 7.89. The first kappa shape index (κ1) is 28.9. The number of fused-ring (bicyclic) bond motifs is 3. The molecule has 1 fully saturated rings. The Hall–Kier alpha value is -3.83. The van der Waals surface area contributed by atoms with E-state index in [1.54, 1.807) is 27.3 Å². The van der Waals surface area contributed by atoms with Gasteiger partial charge in [-0.1, -0.05) is 23.4 Å². The van der Waals surface area contributed by atoms with Gasteiger partial charge in [0.2, 0.25) is 15.9 Å². The van der Waals surface area contributed by atoms with E-state index >= 15 is 0 Å². The molecule has 230 valence electrons. The lowest BCUT2D eigenvalue weighted by atomic mass is 9.79. The number of hydrogen-bond acceptors (Lipinski definition) is 8. The van der Waals surface area contributed by atoms with Crippen molar-refractivity contribution in [1.82, 2.24) is 24.3 Å². The van der Waals surface area contributed by atoms with Crippen LogP contribution >= 0.6 is 0 Å². The fourth-order valence-electron chi connectivity index (χ4n) is 7.18. The molecule has 2 aromatic carbocycles. The van der Waals surface area contributed by atoms with E-state index in [0.29, 0.717) is 6.61 Å². The molecule has 4 aromatic rings. The summed E-state index contributed by atoms with van der Waals surface area (Å²) in [4.78, 5) is 17.4. The predicted octanol–water partition coefficient (Wildman–Crippen LogP) is 4.75. The first-order valence-corrected chi connectivity index (χ1v) is 16.9. The second kappa shape index (κ2) is 11.0. The minimum absolute atomic E-state index is 0.115. The molecule has 0 saturated heterocycles. The van der Waals surface area contributed by atoms with Gasteiger partial charge in [0.25, 0.3) is 0 Å². The van der Waals surface area contributed by atoms with Crippen molar-refractivity contribution in [3.05, 3.63) is 76.0 Å². The van der Waals surface area contributed by atoms with Crippen LogP contribution in [0.1, 0.15) is 78.3 Å². The summed E-state index contributed by atoms with van der Waals surface area (Å²) < 4.78 is 43.3. The lowest BCUT2D eigenvalue weighted by Gasteiger charge is -2.42. The van der Waals surface area contributed by atoms with Crippen molar-refractivity contribution < 1.29 is 22.7 Å². The van der Waals surface area contributed by atoms with E-state index in [1.807, 2.05) is 27.0 Å². The Morgan fingerprint density at radius 1 is 1.16 bits per heavy atom. The van der Waals surface area contributed by atoms with E-state index in [1.165, 1.54) is 11.1 Å². The highest BCUT2D eigenvalue weighted by Gasteiger charge is 2.48. The maximum absolute atomic E-state index is 14.1. The van der Waals surface area contributed by atoms with E-state index in [9.17, 15) is 13.2 Å². The monoisotopic (exact) mass is 615 g/mol. The minimum atomic E-state index is -3.87. The molecule has 2 aliphatic carbocycles. The molecule has 1 spiro atoms. The van der Waals surface area contributed by atoms with Crippen LogP contribution in [-0.2, 0) is 46.0 Å². The Morgan fingerprint density at radius 2 is 2.00 bits per heavy atom. The van der Waals surface area contributed by atoms with E-state index in [2.05, 4.69) is 33.5 Å². The molecule has 0 bridgehead atoms. The van der Waals surface area contributed by atoms with Crippen LogP contribution in [0.5, 0.6) is 5.88 Å². The number of benzene rings is 2. The zero-order valence-corrected chi connectivity index (χ0v) is 26.2. The van der Waals surface area contributed by atoms with Crippen LogP contribution in [0.4, 0.5) is 0 Å². The zero-order valence-electron chi connectivity index (χ0n) is 25.4. The number of esters is 1. The van der Waals surface area contributed by atoms with Gasteiger partial charge in [-0.15, -0.1) is 5.10 Å². The normalized spacial score (nSPS) is 19.1. The van der Waals surface area contributed by atoms with Crippen molar-refractivity contribution in [2.45, 2.75) is 81.8 Å². The maximum Gasteiger partial charge on any atom is 0.306 e. The lowest BCUT2D eigenvalue weighted by Crippen LogP contribution is -2.51. The van der Waals surface area contributed by atoms with Gasteiger partial charge in [0, 0.05) is 25.7 Å². The van der Waals surface area contributed by atoms with E-state index < -0.39 is 15.6 Å². The topological polar surface area (TPSA) is 117 Å². The van der Waals surface area contributed by atoms with E-state index in [4.69, 9.17) is 9.47 Å². The molecule has 1 saturated carbocycles. The molecule has 0 amide bonds. The van der Waals surface area contributed by atoms with Crippen LogP contribution in [0.3, 0.4) is 0 Å². The van der Waals surface area contributed by atoms with Crippen molar-refractivity contribution in [3.63, 3.8) is 0 Å². The average Bonchev–Trinajstić information content (AvgIpc) is 3.60. The quantitative estimate of drug-likeness (QED) is 0.274. The third kappa shape index (κ3) is 4.86. The van der Waals surface area contributed by atoms with Crippen LogP contribution in [0.15, 0.2) is 47.5 Å². The van der Waals surface area contributed by atoms with Gasteiger partial charge >= 0.3 is 5.97 Å². The van der Waals surface area contributed by atoms with Crippen molar-refractivity contribution in [2.24, 2.45) is 7.05 Å². The van der Waals surface area contributed by atoms with E-state index in [0.717, 1.165) is 71.8 Å². The Balaban J connectivity index is 1.33. The number of sulfonamides is 1. The molecule has 3 heterocycles. The number of carbonyl (C=O) groups is 1. The first-order valence-electron chi connectivity index (χ1n) is 15.4. The number of hydrogen-bond donors (Lipinski definition) is 0.